The van der Waals surface area contributed by atoms with Crippen molar-refractivity contribution in [3.8, 4) is 5.75 Å². The average molecular weight is 357 g/mol. The second-order valence-corrected chi connectivity index (χ2v) is 7.05. The number of rotatable bonds is 6. The topological polar surface area (TPSA) is 47.3 Å². The highest BCUT2D eigenvalue weighted by Crippen LogP contribution is 2.37. The quantitative estimate of drug-likeness (QED) is 0.712. The second-order valence-electron chi connectivity index (χ2n) is 6.62. The first-order valence-electron chi connectivity index (χ1n) is 8.72. The normalized spacial score (nSPS) is 15.9. The minimum Gasteiger partial charge on any atom is -0.491 e. The Labute approximate surface area is 152 Å². The van der Waals surface area contributed by atoms with Gasteiger partial charge in [-0.1, -0.05) is 30.2 Å². The molecule has 2 aromatic carbocycles. The highest BCUT2D eigenvalue weighted by Gasteiger charge is 2.26. The van der Waals surface area contributed by atoms with Gasteiger partial charge in [0.2, 0.25) is 0 Å². The zero-order chi connectivity index (χ0) is 17.2. The van der Waals surface area contributed by atoms with E-state index in [1.165, 1.54) is 19.3 Å². The monoisotopic (exact) mass is 356 g/mol. The van der Waals surface area contributed by atoms with Crippen LogP contribution in [0.3, 0.4) is 0 Å². The van der Waals surface area contributed by atoms with E-state index < -0.39 is 6.10 Å². The van der Waals surface area contributed by atoms with Crippen molar-refractivity contribution >= 4 is 22.6 Å². The predicted octanol–water partition coefficient (Wildman–Crippen LogP) is 4.40. The summed E-state index contributed by atoms with van der Waals surface area (Å²) < 4.78 is 7.84. The summed E-state index contributed by atoms with van der Waals surface area (Å²) in [6, 6.07) is 15.3. The van der Waals surface area contributed by atoms with Crippen LogP contribution in [0.2, 0.25) is 5.02 Å². The van der Waals surface area contributed by atoms with Crippen molar-refractivity contribution in [2.24, 2.45) is 0 Å². The molecule has 1 aliphatic rings. The van der Waals surface area contributed by atoms with Gasteiger partial charge in [-0.25, -0.2) is 4.98 Å². The average Bonchev–Trinajstić information content (AvgIpc) is 2.91. The maximum absolute atomic E-state index is 10.5. The van der Waals surface area contributed by atoms with Gasteiger partial charge < -0.3 is 14.4 Å². The zero-order valence-corrected chi connectivity index (χ0v) is 14.7. The van der Waals surface area contributed by atoms with E-state index in [1.807, 2.05) is 30.3 Å². The van der Waals surface area contributed by atoms with Crippen molar-refractivity contribution in [2.45, 2.75) is 37.8 Å². The van der Waals surface area contributed by atoms with Gasteiger partial charge in [-0.2, -0.15) is 0 Å². The number of fused-ring (bicyclic) bond motifs is 1. The smallest absolute Gasteiger partial charge is 0.119 e. The van der Waals surface area contributed by atoms with Crippen molar-refractivity contribution in [1.29, 1.82) is 0 Å². The molecule has 4 nitrogen and oxygen atoms in total. The fourth-order valence-corrected chi connectivity index (χ4v) is 3.38. The molecule has 4 rings (SSSR count). The van der Waals surface area contributed by atoms with Crippen LogP contribution in [0.4, 0.5) is 0 Å². The molecule has 1 atom stereocenters. The number of hydrogen-bond acceptors (Lipinski definition) is 3. The number of para-hydroxylation sites is 2. The summed E-state index contributed by atoms with van der Waals surface area (Å²) in [7, 11) is 0. The van der Waals surface area contributed by atoms with Gasteiger partial charge in [-0.3, -0.25) is 0 Å². The number of aliphatic hydroxyl groups excluding tert-OH is 1. The number of imidazole rings is 1. The summed E-state index contributed by atoms with van der Waals surface area (Å²) in [5.41, 5.74) is 2.07. The summed E-state index contributed by atoms with van der Waals surface area (Å²) in [6.07, 6.45) is 3.02. The van der Waals surface area contributed by atoms with Gasteiger partial charge in [-0.05, 0) is 49.2 Å². The molecule has 1 heterocycles. The van der Waals surface area contributed by atoms with Gasteiger partial charge in [-0.15, -0.1) is 0 Å². The second kappa shape index (κ2) is 7.06. The lowest BCUT2D eigenvalue weighted by atomic mass is 9.85. The third-order valence-electron chi connectivity index (χ3n) is 4.80. The van der Waals surface area contributed by atoms with Gasteiger partial charge in [0.1, 0.15) is 24.3 Å². The third-order valence-corrected chi connectivity index (χ3v) is 5.06. The molecule has 1 N–H and O–H groups in total. The maximum Gasteiger partial charge on any atom is 0.119 e. The summed E-state index contributed by atoms with van der Waals surface area (Å²) in [5, 5.41) is 11.2. The van der Waals surface area contributed by atoms with E-state index in [1.54, 1.807) is 12.1 Å². The van der Waals surface area contributed by atoms with Crippen LogP contribution in [-0.4, -0.2) is 27.4 Å². The van der Waals surface area contributed by atoms with E-state index in [0.717, 1.165) is 16.9 Å². The Morgan fingerprint density at radius 3 is 2.64 bits per heavy atom. The first-order valence-corrected chi connectivity index (χ1v) is 9.10. The van der Waals surface area contributed by atoms with E-state index >= 15 is 0 Å². The number of aliphatic hydroxyl groups is 1. The predicted molar refractivity (Wildman–Crippen MR) is 99.3 cm³/mol. The van der Waals surface area contributed by atoms with Gasteiger partial charge in [0, 0.05) is 10.9 Å². The minimum absolute atomic E-state index is 0.234. The van der Waals surface area contributed by atoms with Crippen LogP contribution in [0.1, 0.15) is 31.0 Å². The van der Waals surface area contributed by atoms with E-state index in [4.69, 9.17) is 21.3 Å². The minimum atomic E-state index is -0.605. The fraction of sp³-hybridized carbons (Fsp3) is 0.350. The Balaban J connectivity index is 1.50. The first kappa shape index (κ1) is 16.4. The Bertz CT molecular complexity index is 856. The molecular weight excluding hydrogens is 336 g/mol. The van der Waals surface area contributed by atoms with Gasteiger partial charge in [0.15, 0.2) is 0 Å². The van der Waals surface area contributed by atoms with Gasteiger partial charge in [0.25, 0.3) is 0 Å². The highest BCUT2D eigenvalue weighted by molar-refractivity contribution is 6.30. The molecule has 5 heteroatoms. The molecule has 0 saturated heterocycles. The first-order chi connectivity index (χ1) is 12.2. The van der Waals surface area contributed by atoms with E-state index in [-0.39, 0.29) is 6.61 Å². The molecule has 1 unspecified atom stereocenters. The molecule has 0 bridgehead atoms. The molecule has 25 heavy (non-hydrogen) atoms. The molecule has 3 aromatic rings. The number of hydrogen-bond donors (Lipinski definition) is 1. The molecular formula is C20H21ClN2O2. The van der Waals surface area contributed by atoms with E-state index in [2.05, 4.69) is 10.6 Å². The lowest BCUT2D eigenvalue weighted by molar-refractivity contribution is 0.0919. The molecule has 1 aliphatic carbocycles. The largest absolute Gasteiger partial charge is 0.491 e. The van der Waals surface area contributed by atoms with Crippen molar-refractivity contribution < 1.29 is 9.84 Å². The van der Waals surface area contributed by atoms with Gasteiger partial charge in [0.05, 0.1) is 17.6 Å². The summed E-state index contributed by atoms with van der Waals surface area (Å²) in [6.45, 7) is 0.720. The molecule has 1 aromatic heterocycles. The van der Waals surface area contributed by atoms with Crippen molar-refractivity contribution in [2.75, 3.05) is 6.61 Å². The van der Waals surface area contributed by atoms with E-state index in [0.29, 0.717) is 23.2 Å². The lowest BCUT2D eigenvalue weighted by Crippen LogP contribution is -2.26. The number of benzene rings is 2. The molecule has 1 fully saturated rings. The number of halogens is 1. The van der Waals surface area contributed by atoms with Crippen LogP contribution >= 0.6 is 11.6 Å². The Hall–Kier alpha value is -2.04. The van der Waals surface area contributed by atoms with Crippen LogP contribution in [0.15, 0.2) is 48.5 Å². The van der Waals surface area contributed by atoms with Gasteiger partial charge >= 0.3 is 0 Å². The van der Waals surface area contributed by atoms with Crippen molar-refractivity contribution in [3.63, 3.8) is 0 Å². The number of ether oxygens (including phenoxy) is 1. The van der Waals surface area contributed by atoms with Crippen LogP contribution in [0, 0.1) is 0 Å². The highest BCUT2D eigenvalue weighted by atomic mass is 35.5. The van der Waals surface area contributed by atoms with E-state index in [9.17, 15) is 5.11 Å². The third kappa shape index (κ3) is 3.51. The van der Waals surface area contributed by atoms with Crippen molar-refractivity contribution in [3.05, 3.63) is 59.4 Å². The van der Waals surface area contributed by atoms with Crippen molar-refractivity contribution in [1.82, 2.24) is 9.55 Å². The summed E-state index contributed by atoms with van der Waals surface area (Å²) >= 11 is 5.88. The molecule has 0 spiro atoms. The lowest BCUT2D eigenvalue weighted by Gasteiger charge is -2.26. The Morgan fingerprint density at radius 2 is 1.92 bits per heavy atom. The van der Waals surface area contributed by atoms with Crippen LogP contribution in [0.25, 0.3) is 11.0 Å². The molecule has 130 valence electrons. The Kier molecular flexibility index (Phi) is 4.64. The molecule has 0 aliphatic heterocycles. The summed E-state index contributed by atoms with van der Waals surface area (Å²) in [4.78, 5) is 4.81. The number of nitrogens with zero attached hydrogens (tertiary/aromatic N) is 2. The number of aromatic nitrogens is 2. The van der Waals surface area contributed by atoms with Crippen LogP contribution in [0.5, 0.6) is 5.75 Å². The van der Waals surface area contributed by atoms with Crippen LogP contribution in [-0.2, 0) is 6.54 Å². The van der Waals surface area contributed by atoms with Crippen LogP contribution < -0.4 is 4.74 Å². The Morgan fingerprint density at radius 1 is 1.16 bits per heavy atom. The SMILES string of the molecule is OC(COc1ccc(Cl)cc1)Cn1c(C2CCC2)nc2ccccc21. The summed E-state index contributed by atoms with van der Waals surface area (Å²) in [5.74, 6) is 2.31. The standard InChI is InChI=1S/C20H21ClN2O2/c21-15-8-10-17(11-9-15)25-13-16(24)12-23-19-7-2-1-6-18(19)22-20(23)14-4-3-5-14/h1-2,6-11,14,16,24H,3-5,12-13H2. The zero-order valence-electron chi connectivity index (χ0n) is 13.9. The fourth-order valence-electron chi connectivity index (χ4n) is 3.25. The maximum atomic E-state index is 10.5. The molecule has 0 amide bonds. The molecule has 1 saturated carbocycles. The molecule has 0 radical (unpaired) electrons.